The van der Waals surface area contributed by atoms with Crippen LogP contribution in [-0.2, 0) is 16.1 Å². The molecule has 2 aromatic heterocycles. The van der Waals surface area contributed by atoms with Crippen molar-refractivity contribution in [1.29, 1.82) is 0 Å². The van der Waals surface area contributed by atoms with Crippen molar-refractivity contribution < 1.29 is 14.3 Å². The second-order valence-corrected chi connectivity index (χ2v) is 15.7. The van der Waals surface area contributed by atoms with Crippen LogP contribution in [-0.4, -0.2) is 71.4 Å². The van der Waals surface area contributed by atoms with E-state index in [1.165, 1.54) is 83.5 Å². The lowest BCUT2D eigenvalue weighted by Gasteiger charge is -2.33. The van der Waals surface area contributed by atoms with Gasteiger partial charge in [-0.2, -0.15) is 10.1 Å². The van der Waals surface area contributed by atoms with Crippen molar-refractivity contribution in [1.82, 2.24) is 30.4 Å². The Morgan fingerprint density at radius 2 is 1.41 bits per heavy atom. The topological polar surface area (TPSA) is 152 Å². The maximum absolute atomic E-state index is 12.9. The minimum atomic E-state index is -0.000414. The summed E-state index contributed by atoms with van der Waals surface area (Å²) in [6, 6.07) is 6.27. The summed E-state index contributed by atoms with van der Waals surface area (Å²) >= 11 is 0. The molecule has 3 aromatic rings. The molecule has 1 fully saturated rings. The summed E-state index contributed by atoms with van der Waals surface area (Å²) in [5.41, 5.74) is 9.46. The van der Waals surface area contributed by atoms with Gasteiger partial charge in [0.05, 0.1) is 19.9 Å². The first kappa shape index (κ1) is 44.6. The van der Waals surface area contributed by atoms with Crippen LogP contribution in [0.1, 0.15) is 154 Å². The summed E-state index contributed by atoms with van der Waals surface area (Å²) in [5, 5.41) is 14.2. The number of fused-ring (bicyclic) bond motifs is 1. The largest absolute Gasteiger partial charge is 0.496 e. The Kier molecular flexibility index (Phi) is 20.7. The van der Waals surface area contributed by atoms with E-state index in [0.717, 1.165) is 81.6 Å². The molecule has 2 amide bonds. The van der Waals surface area contributed by atoms with Crippen molar-refractivity contribution >= 4 is 40.3 Å². The lowest BCUT2D eigenvalue weighted by atomic mass is 9.95. The van der Waals surface area contributed by atoms with Gasteiger partial charge in [0.15, 0.2) is 11.3 Å². The van der Waals surface area contributed by atoms with Gasteiger partial charge in [0.25, 0.3) is 0 Å². The number of anilines is 3. The Labute approximate surface area is 336 Å². The molecule has 1 aliphatic rings. The van der Waals surface area contributed by atoms with E-state index in [2.05, 4.69) is 62.9 Å². The molecule has 1 saturated heterocycles. The number of nitrogens with two attached hydrogens (primary N) is 1. The summed E-state index contributed by atoms with van der Waals surface area (Å²) in [5.74, 6) is 1.91. The van der Waals surface area contributed by atoms with Gasteiger partial charge in [-0.25, -0.2) is 4.98 Å². The second-order valence-electron chi connectivity index (χ2n) is 15.7. The molecular weight excluding hydrogens is 703 g/mol. The lowest BCUT2D eigenvalue weighted by Crippen LogP contribution is -2.41. The number of benzene rings is 1. The molecule has 3 heterocycles. The van der Waals surface area contributed by atoms with Crippen molar-refractivity contribution in [2.45, 2.75) is 155 Å². The first-order valence-electron chi connectivity index (χ1n) is 22.1. The van der Waals surface area contributed by atoms with Crippen molar-refractivity contribution in [2.75, 3.05) is 55.8 Å². The van der Waals surface area contributed by atoms with Gasteiger partial charge in [0.2, 0.25) is 17.8 Å². The molecule has 12 nitrogen and oxygen atoms in total. The molecule has 0 radical (unpaired) electrons. The van der Waals surface area contributed by atoms with Gasteiger partial charge >= 0.3 is 0 Å². The van der Waals surface area contributed by atoms with Crippen molar-refractivity contribution in [3.8, 4) is 5.75 Å². The van der Waals surface area contributed by atoms with Crippen LogP contribution in [0, 0.1) is 5.92 Å². The average molecular weight is 776 g/mol. The molecule has 312 valence electrons. The predicted octanol–water partition coefficient (Wildman–Crippen LogP) is 8.78. The minimum Gasteiger partial charge on any atom is -0.496 e. The fourth-order valence-electron chi connectivity index (χ4n) is 7.62. The van der Waals surface area contributed by atoms with E-state index < -0.39 is 0 Å². The van der Waals surface area contributed by atoms with Crippen LogP contribution in [0.4, 0.5) is 17.5 Å². The number of carbonyl (C=O) groups excluding carboxylic acids is 2. The molecule has 1 aliphatic heterocycles. The molecule has 0 bridgehead atoms. The van der Waals surface area contributed by atoms with Gasteiger partial charge in [0, 0.05) is 62.4 Å². The van der Waals surface area contributed by atoms with E-state index in [9.17, 15) is 9.59 Å². The predicted molar refractivity (Wildman–Crippen MR) is 230 cm³/mol. The third kappa shape index (κ3) is 15.8. The number of nitrogens with zero attached hydrogens (tertiary/aromatic N) is 5. The monoisotopic (exact) mass is 776 g/mol. The molecule has 0 aliphatic carbocycles. The van der Waals surface area contributed by atoms with Gasteiger partial charge in [-0.05, 0) is 38.2 Å². The number of piperidine rings is 1. The number of methoxy groups -OCH3 is 1. The van der Waals surface area contributed by atoms with Gasteiger partial charge < -0.3 is 31.3 Å². The number of unbranched alkanes of at least 4 members (excludes halogenated alkanes) is 15. The molecule has 56 heavy (non-hydrogen) atoms. The Morgan fingerprint density at radius 1 is 0.786 bits per heavy atom. The van der Waals surface area contributed by atoms with E-state index in [1.807, 2.05) is 10.9 Å². The molecular formula is C44H73N9O3. The SMILES string of the molecule is CCCCCCCCCCCCCCCCCC(=O)NCCCNC(=O)C1CCN(c2ccc(Cn3cc4nc(N)nc(NCCCC)c4n3)c(OC)c2)CC1. The number of aromatic nitrogens is 4. The fourth-order valence-corrected chi connectivity index (χ4v) is 7.62. The molecule has 0 unspecified atom stereocenters. The molecule has 0 saturated carbocycles. The molecule has 5 N–H and O–H groups in total. The zero-order valence-corrected chi connectivity index (χ0v) is 35.0. The summed E-state index contributed by atoms with van der Waals surface area (Å²) in [6.45, 7) is 8.52. The van der Waals surface area contributed by atoms with Crippen LogP contribution >= 0.6 is 0 Å². The van der Waals surface area contributed by atoms with Crippen LogP contribution in [0.15, 0.2) is 24.4 Å². The Balaban J connectivity index is 1.05. The number of hydrogen-bond acceptors (Lipinski definition) is 9. The fraction of sp³-hybridized carbons (Fsp3) is 0.705. The molecule has 12 heteroatoms. The number of carbonyl (C=O) groups is 2. The smallest absolute Gasteiger partial charge is 0.223 e. The summed E-state index contributed by atoms with van der Waals surface area (Å²) in [6.07, 6.45) is 26.8. The third-order valence-electron chi connectivity index (χ3n) is 11.1. The van der Waals surface area contributed by atoms with Gasteiger partial charge in [0.1, 0.15) is 11.3 Å². The molecule has 4 rings (SSSR count). The van der Waals surface area contributed by atoms with E-state index in [0.29, 0.717) is 42.9 Å². The first-order chi connectivity index (χ1) is 27.4. The highest BCUT2D eigenvalue weighted by molar-refractivity contribution is 5.85. The summed E-state index contributed by atoms with van der Waals surface area (Å²) in [7, 11) is 1.69. The highest BCUT2D eigenvalue weighted by Crippen LogP contribution is 2.30. The number of nitrogens with one attached hydrogen (secondary N) is 3. The summed E-state index contributed by atoms with van der Waals surface area (Å²) < 4.78 is 7.66. The average Bonchev–Trinajstić information content (AvgIpc) is 3.61. The van der Waals surface area contributed by atoms with Crippen molar-refractivity contribution in [3.63, 3.8) is 0 Å². The van der Waals surface area contributed by atoms with Gasteiger partial charge in [-0.1, -0.05) is 116 Å². The van der Waals surface area contributed by atoms with Crippen LogP contribution in [0.25, 0.3) is 11.0 Å². The van der Waals surface area contributed by atoms with Crippen molar-refractivity contribution in [3.05, 3.63) is 30.0 Å². The highest BCUT2D eigenvalue weighted by Gasteiger charge is 2.25. The Hall–Kier alpha value is -4.09. The number of ether oxygens (including phenoxy) is 1. The van der Waals surface area contributed by atoms with Crippen LogP contribution in [0.3, 0.4) is 0 Å². The maximum Gasteiger partial charge on any atom is 0.223 e. The van der Waals surface area contributed by atoms with Crippen LogP contribution in [0.5, 0.6) is 5.75 Å². The first-order valence-corrected chi connectivity index (χ1v) is 22.1. The number of amides is 2. The van der Waals surface area contributed by atoms with Gasteiger partial charge in [-0.3, -0.25) is 14.3 Å². The Bertz CT molecular complexity index is 1570. The van der Waals surface area contributed by atoms with E-state index >= 15 is 0 Å². The molecule has 0 atom stereocenters. The number of hydrogen-bond donors (Lipinski definition) is 4. The quantitative estimate of drug-likeness (QED) is 0.0507. The zero-order valence-electron chi connectivity index (χ0n) is 35.0. The number of nitrogen functional groups attached to an aromatic ring is 1. The third-order valence-corrected chi connectivity index (χ3v) is 11.1. The lowest BCUT2D eigenvalue weighted by molar-refractivity contribution is -0.125. The normalized spacial score (nSPS) is 13.3. The minimum absolute atomic E-state index is 0.000414. The van der Waals surface area contributed by atoms with Crippen LogP contribution < -0.4 is 31.3 Å². The molecule has 0 spiro atoms. The van der Waals surface area contributed by atoms with E-state index in [-0.39, 0.29) is 23.7 Å². The zero-order chi connectivity index (χ0) is 39.8. The number of rotatable bonds is 29. The summed E-state index contributed by atoms with van der Waals surface area (Å²) in [4.78, 5) is 36.3. The van der Waals surface area contributed by atoms with Crippen LogP contribution in [0.2, 0.25) is 0 Å². The second kappa shape index (κ2) is 25.9. The molecule has 1 aromatic carbocycles. The standard InChI is InChI=1S/C44H73N9O3/c1-4-6-8-9-10-11-12-13-14-15-16-17-18-19-20-22-40(54)46-28-21-29-48-43(55)35-25-30-52(31-26-35)37-24-23-36(39(32-37)56-3)33-53-34-38-41(51-53)42(47-27-7-5-2)50-44(45)49-38/h23-24,32,34-35H,4-22,25-31,33H2,1-3H3,(H,46,54)(H,48,55)(H3,45,47,49,50). The van der Waals surface area contributed by atoms with Gasteiger partial charge in [-0.15, -0.1) is 0 Å². The highest BCUT2D eigenvalue weighted by atomic mass is 16.5. The Morgan fingerprint density at radius 3 is 2.05 bits per heavy atom. The van der Waals surface area contributed by atoms with E-state index in [1.54, 1.807) is 7.11 Å². The van der Waals surface area contributed by atoms with E-state index in [4.69, 9.17) is 15.6 Å². The van der Waals surface area contributed by atoms with Crippen molar-refractivity contribution in [2.24, 2.45) is 5.92 Å². The maximum atomic E-state index is 12.9.